The summed E-state index contributed by atoms with van der Waals surface area (Å²) in [6, 6.07) is 12.5. The van der Waals surface area contributed by atoms with Crippen LogP contribution in [0.4, 0.5) is 11.4 Å². The number of hydrogen-bond acceptors (Lipinski definition) is 2. The zero-order chi connectivity index (χ0) is 19.9. The van der Waals surface area contributed by atoms with Gasteiger partial charge in [0.15, 0.2) is 0 Å². The van der Waals surface area contributed by atoms with Crippen LogP contribution in [0.1, 0.15) is 36.1 Å². The van der Waals surface area contributed by atoms with E-state index in [0.717, 1.165) is 22.8 Å². The van der Waals surface area contributed by atoms with Crippen molar-refractivity contribution in [1.82, 2.24) is 0 Å². The Balaban J connectivity index is 0.000000765. The van der Waals surface area contributed by atoms with E-state index < -0.39 is 29.9 Å². The Hall–Kier alpha value is 0.000649. The molecule has 139 valence electrons. The molecule has 0 atom stereocenters. The maximum absolute atomic E-state index is 5.02. The normalized spacial score (nSPS) is 11.7. The van der Waals surface area contributed by atoms with Crippen molar-refractivity contribution in [3.63, 3.8) is 0 Å². The van der Waals surface area contributed by atoms with Crippen LogP contribution in [0.2, 0.25) is 0 Å². The zero-order valence-corrected chi connectivity index (χ0v) is 21.5. The van der Waals surface area contributed by atoms with Crippen molar-refractivity contribution in [3.05, 3.63) is 58.7 Å². The Kier molecular flexibility index (Phi) is 10.9. The van der Waals surface area contributed by atoms with Crippen LogP contribution in [0.3, 0.4) is 0 Å². The summed E-state index contributed by atoms with van der Waals surface area (Å²) < 4.78 is 0. The van der Waals surface area contributed by atoms with Crippen LogP contribution in [0.5, 0.6) is 0 Å². The van der Waals surface area contributed by atoms with Gasteiger partial charge in [0, 0.05) is 0 Å². The van der Waals surface area contributed by atoms with E-state index in [2.05, 4.69) is 64.1 Å². The topological polar surface area (TPSA) is 24.7 Å². The van der Waals surface area contributed by atoms with E-state index in [1.54, 1.807) is 0 Å². The number of nitrogens with zero attached hydrogens (tertiary/aromatic N) is 2. The molecule has 2 aromatic rings. The first-order valence-electron chi connectivity index (χ1n) is 8.20. The molecule has 6 heteroatoms. The molecule has 0 saturated heterocycles. The van der Waals surface area contributed by atoms with E-state index >= 15 is 0 Å². The van der Waals surface area contributed by atoms with Crippen molar-refractivity contribution in [3.8, 4) is 0 Å². The van der Waals surface area contributed by atoms with E-state index in [-0.39, 0.29) is 0 Å². The van der Waals surface area contributed by atoms with Gasteiger partial charge in [0.05, 0.1) is 22.8 Å². The monoisotopic (exact) mass is 539 g/mol. The van der Waals surface area contributed by atoms with Crippen molar-refractivity contribution in [2.45, 2.75) is 41.5 Å². The summed E-state index contributed by atoms with van der Waals surface area (Å²) in [4.78, 5) is 9.60. The van der Waals surface area contributed by atoms with Crippen LogP contribution in [0, 0.1) is 57.6 Å². The third-order valence-corrected chi connectivity index (χ3v) is 3.96. The number of hydrogen-bond donors (Lipinski definition) is 0. The van der Waals surface area contributed by atoms with Crippen LogP contribution in [0.25, 0.3) is 0 Å². The maximum atomic E-state index is 5.02. The minimum atomic E-state index is -2.24. The van der Waals surface area contributed by atoms with Gasteiger partial charge in [0.25, 0.3) is 0 Å². The minimum absolute atomic E-state index is 0.958. The molecule has 0 saturated carbocycles. The Bertz CT molecular complexity index is 706. The van der Waals surface area contributed by atoms with Crippen molar-refractivity contribution >= 4 is 40.2 Å². The van der Waals surface area contributed by atoms with Crippen molar-refractivity contribution in [2.75, 3.05) is 0 Å². The van der Waals surface area contributed by atoms with E-state index in [1.807, 2.05) is 13.8 Å². The Morgan fingerprint density at radius 2 is 0.885 bits per heavy atom. The Labute approximate surface area is 178 Å². The molecular formula is C20H24Cl3N2Nd. The molecule has 0 aromatic heterocycles. The van der Waals surface area contributed by atoms with Crippen molar-refractivity contribution in [2.24, 2.45) is 9.98 Å². The van der Waals surface area contributed by atoms with Gasteiger partial charge in [-0.3, -0.25) is 9.98 Å². The molecule has 0 aliphatic heterocycles. The first kappa shape index (κ1) is 24.0. The zero-order valence-electron chi connectivity index (χ0n) is 16.0. The summed E-state index contributed by atoms with van der Waals surface area (Å²) in [6.45, 7) is 12.4. The number of aliphatic imine (C=N–C) groups is 2. The fourth-order valence-corrected chi connectivity index (χ4v) is 2.46. The quantitative estimate of drug-likeness (QED) is 0.353. The number of halogens is 3. The summed E-state index contributed by atoms with van der Waals surface area (Å²) in [5.74, 6) is 15.1. The molecule has 26 heavy (non-hydrogen) atoms. The molecular weight excluding hydrogens is 519 g/mol. The summed E-state index contributed by atoms with van der Waals surface area (Å²) in [6.07, 6.45) is 0. The molecule has 0 bridgehead atoms. The third kappa shape index (κ3) is 7.94. The van der Waals surface area contributed by atoms with E-state index in [4.69, 9.17) is 27.4 Å². The predicted molar refractivity (Wildman–Crippen MR) is 115 cm³/mol. The molecule has 0 amide bonds. The van der Waals surface area contributed by atoms with Gasteiger partial charge in [-0.25, -0.2) is 0 Å². The molecule has 0 unspecified atom stereocenters. The van der Waals surface area contributed by atoms with Gasteiger partial charge in [0.2, 0.25) is 0 Å². The Morgan fingerprint density at radius 1 is 0.654 bits per heavy atom. The average molecular weight is 543 g/mol. The molecule has 2 nitrogen and oxygen atoms in total. The van der Waals surface area contributed by atoms with Crippen LogP contribution in [-0.2, 0) is 0 Å². The predicted octanol–water partition coefficient (Wildman–Crippen LogP) is 7.87. The fourth-order valence-electron chi connectivity index (χ4n) is 2.46. The Morgan fingerprint density at radius 3 is 1.12 bits per heavy atom. The van der Waals surface area contributed by atoms with Crippen LogP contribution in [-0.4, -0.2) is 11.4 Å². The van der Waals surface area contributed by atoms with Crippen LogP contribution < -0.4 is 0 Å². The van der Waals surface area contributed by atoms with E-state index in [9.17, 15) is 0 Å². The van der Waals surface area contributed by atoms with Gasteiger partial charge in [-0.15, -0.1) is 0 Å². The van der Waals surface area contributed by atoms with Gasteiger partial charge >= 0.3 is 47.3 Å². The van der Waals surface area contributed by atoms with E-state index in [1.165, 1.54) is 22.3 Å². The van der Waals surface area contributed by atoms with Gasteiger partial charge in [-0.05, 0) is 63.8 Å². The van der Waals surface area contributed by atoms with Crippen LogP contribution >= 0.6 is 17.4 Å². The second-order valence-corrected chi connectivity index (χ2v) is 20.2. The third-order valence-electron chi connectivity index (χ3n) is 3.96. The summed E-state index contributed by atoms with van der Waals surface area (Å²) in [5, 5.41) is 0. The first-order chi connectivity index (χ1) is 12.1. The number of para-hydroxylation sites is 2. The fraction of sp³-hybridized carbons (Fsp3) is 0.300. The molecule has 0 aliphatic carbocycles. The van der Waals surface area contributed by atoms with Crippen molar-refractivity contribution in [1.29, 1.82) is 0 Å². The molecule has 0 fully saturated rings. The number of rotatable bonds is 3. The molecule has 2 aromatic carbocycles. The second-order valence-electron chi connectivity index (χ2n) is 6.09. The van der Waals surface area contributed by atoms with Crippen LogP contribution in [0.15, 0.2) is 46.4 Å². The summed E-state index contributed by atoms with van der Waals surface area (Å²) in [7, 11) is 0. The average Bonchev–Trinajstić information content (AvgIpc) is 2.53. The van der Waals surface area contributed by atoms with Gasteiger partial charge in [-0.2, -0.15) is 0 Å². The summed E-state index contributed by atoms with van der Waals surface area (Å²) >= 11 is -2.24. The first-order valence-corrected chi connectivity index (χ1v) is 20.2. The van der Waals surface area contributed by atoms with Gasteiger partial charge in [0.1, 0.15) is 0 Å². The van der Waals surface area contributed by atoms with E-state index in [0.29, 0.717) is 0 Å². The molecule has 0 radical (unpaired) electrons. The standard InChI is InChI=1S/C20H24N2.3ClH.Nd/c1-13-9-7-10-14(2)19(13)21-17(5)18(6)22-20-15(3)11-8-12-16(20)4;;;;/h7-12H,1-6H3;3*1H;/q;;;;+3/p-3. The van der Waals surface area contributed by atoms with Gasteiger partial charge < -0.3 is 0 Å². The second kappa shape index (κ2) is 11.8. The van der Waals surface area contributed by atoms with Crippen molar-refractivity contribution < 1.29 is 29.9 Å². The number of benzene rings is 2. The van der Waals surface area contributed by atoms with Gasteiger partial charge in [-0.1, -0.05) is 36.4 Å². The molecule has 2 rings (SSSR count). The number of aryl methyl sites for hydroxylation is 4. The molecule has 0 spiro atoms. The SMILES string of the molecule is CC(=Nc1c(C)cccc1C)C(C)=Nc1c(C)cccc1C.[Cl][Nd]([Cl])[Cl]. The molecule has 0 aliphatic rings. The summed E-state index contributed by atoms with van der Waals surface area (Å²) in [5.41, 5.74) is 8.80. The molecule has 0 N–H and O–H groups in total. The molecule has 0 heterocycles.